The summed E-state index contributed by atoms with van der Waals surface area (Å²) >= 11 is 0. The van der Waals surface area contributed by atoms with Crippen LogP contribution in [0.1, 0.15) is 51.5 Å². The number of carbonyl (C=O) groups is 4. The van der Waals surface area contributed by atoms with Crippen LogP contribution < -0.4 is 10.6 Å². The zero-order chi connectivity index (χ0) is 22.4. The predicted molar refractivity (Wildman–Crippen MR) is 114 cm³/mol. The third-order valence-corrected chi connectivity index (χ3v) is 5.72. The van der Waals surface area contributed by atoms with Crippen LogP contribution in [0.15, 0.2) is 42.0 Å². The molecule has 3 rings (SSSR count). The molecule has 8 heteroatoms. The molecule has 1 heterocycles. The molecule has 1 fully saturated rings. The number of ether oxygens (including phenoxy) is 1. The number of allylic oxidation sites excluding steroid dienone is 1. The van der Waals surface area contributed by atoms with Crippen LogP contribution in [-0.4, -0.2) is 47.9 Å². The van der Waals surface area contributed by atoms with E-state index in [1.165, 1.54) is 25.3 Å². The van der Waals surface area contributed by atoms with Gasteiger partial charge in [0.15, 0.2) is 6.10 Å². The van der Waals surface area contributed by atoms with E-state index in [1.807, 2.05) is 6.07 Å². The van der Waals surface area contributed by atoms with Crippen molar-refractivity contribution >= 4 is 23.8 Å². The molecule has 1 saturated heterocycles. The van der Waals surface area contributed by atoms with Crippen molar-refractivity contribution in [2.45, 2.75) is 57.6 Å². The van der Waals surface area contributed by atoms with Gasteiger partial charge in [-0.1, -0.05) is 42.0 Å². The minimum absolute atomic E-state index is 0.406. The molecule has 0 bridgehead atoms. The SMILES string of the molecule is C[C@H](OC(=O)CN1C(=O)N[C@](C)(c2ccccc2)C1=O)C(=O)NCCC1=CCCCC1. The Hall–Kier alpha value is -3.16. The minimum Gasteiger partial charge on any atom is -0.451 e. The van der Waals surface area contributed by atoms with E-state index in [9.17, 15) is 19.2 Å². The molecule has 8 nitrogen and oxygen atoms in total. The maximum Gasteiger partial charge on any atom is 0.327 e. The van der Waals surface area contributed by atoms with E-state index in [0.29, 0.717) is 12.1 Å². The van der Waals surface area contributed by atoms with E-state index < -0.39 is 42.0 Å². The lowest BCUT2D eigenvalue weighted by atomic mass is 9.92. The molecule has 2 aliphatic rings. The molecule has 0 aromatic heterocycles. The first-order valence-electron chi connectivity index (χ1n) is 10.7. The van der Waals surface area contributed by atoms with Crippen molar-refractivity contribution in [3.05, 3.63) is 47.5 Å². The first-order chi connectivity index (χ1) is 14.8. The molecule has 0 spiro atoms. The Balaban J connectivity index is 1.49. The van der Waals surface area contributed by atoms with Gasteiger partial charge in [-0.25, -0.2) is 4.79 Å². The van der Waals surface area contributed by atoms with Crippen LogP contribution in [0.25, 0.3) is 0 Å². The first kappa shape index (κ1) is 22.5. The van der Waals surface area contributed by atoms with E-state index in [2.05, 4.69) is 16.7 Å². The number of nitrogens with zero attached hydrogens (tertiary/aromatic N) is 1. The van der Waals surface area contributed by atoms with Gasteiger partial charge in [-0.05, 0) is 51.5 Å². The summed E-state index contributed by atoms with van der Waals surface area (Å²) in [6.45, 7) is 2.98. The Kier molecular flexibility index (Phi) is 7.09. The predicted octanol–water partition coefficient (Wildman–Crippen LogP) is 2.39. The highest BCUT2D eigenvalue weighted by Crippen LogP contribution is 2.28. The molecule has 0 unspecified atom stereocenters. The molecule has 31 heavy (non-hydrogen) atoms. The molecular weight excluding hydrogens is 398 g/mol. The van der Waals surface area contributed by atoms with E-state index in [4.69, 9.17) is 4.74 Å². The fourth-order valence-corrected chi connectivity index (χ4v) is 3.85. The van der Waals surface area contributed by atoms with Crippen molar-refractivity contribution in [1.82, 2.24) is 15.5 Å². The van der Waals surface area contributed by atoms with Crippen molar-refractivity contribution in [2.24, 2.45) is 0 Å². The van der Waals surface area contributed by atoms with Crippen molar-refractivity contribution < 1.29 is 23.9 Å². The molecule has 0 radical (unpaired) electrons. The van der Waals surface area contributed by atoms with Gasteiger partial charge >= 0.3 is 12.0 Å². The van der Waals surface area contributed by atoms with Crippen LogP contribution in [-0.2, 0) is 24.7 Å². The Bertz CT molecular complexity index is 882. The molecule has 2 N–H and O–H groups in total. The first-order valence-corrected chi connectivity index (χ1v) is 10.7. The molecule has 166 valence electrons. The number of amides is 4. The number of imide groups is 1. The van der Waals surface area contributed by atoms with Gasteiger partial charge in [-0.15, -0.1) is 0 Å². The molecule has 1 aromatic rings. The van der Waals surface area contributed by atoms with Crippen LogP contribution in [0.2, 0.25) is 0 Å². The molecule has 1 aromatic carbocycles. The normalized spacial score (nSPS) is 21.9. The smallest absolute Gasteiger partial charge is 0.327 e. The summed E-state index contributed by atoms with van der Waals surface area (Å²) < 4.78 is 5.15. The van der Waals surface area contributed by atoms with E-state index in [1.54, 1.807) is 31.2 Å². The lowest BCUT2D eigenvalue weighted by Crippen LogP contribution is -2.42. The quantitative estimate of drug-likeness (QED) is 0.377. The monoisotopic (exact) mass is 427 g/mol. The average Bonchev–Trinajstić information content (AvgIpc) is 2.99. The second-order valence-electron chi connectivity index (χ2n) is 8.09. The van der Waals surface area contributed by atoms with Crippen LogP contribution in [0, 0.1) is 0 Å². The van der Waals surface area contributed by atoms with Crippen molar-refractivity contribution in [2.75, 3.05) is 13.1 Å². The van der Waals surface area contributed by atoms with Gasteiger partial charge in [0.2, 0.25) is 0 Å². The third-order valence-electron chi connectivity index (χ3n) is 5.72. The summed E-state index contributed by atoms with van der Waals surface area (Å²) in [7, 11) is 0. The van der Waals surface area contributed by atoms with Gasteiger partial charge in [-0.2, -0.15) is 0 Å². The van der Waals surface area contributed by atoms with E-state index >= 15 is 0 Å². The molecule has 4 amide bonds. The Labute approximate surface area is 182 Å². The van der Waals surface area contributed by atoms with Crippen molar-refractivity contribution in [3.8, 4) is 0 Å². The van der Waals surface area contributed by atoms with Gasteiger partial charge in [0, 0.05) is 6.54 Å². The second kappa shape index (κ2) is 9.76. The molecular formula is C23H29N3O5. The summed E-state index contributed by atoms with van der Waals surface area (Å²) in [6, 6.07) is 8.13. The summed E-state index contributed by atoms with van der Waals surface area (Å²) in [4.78, 5) is 50.5. The zero-order valence-electron chi connectivity index (χ0n) is 18.0. The number of benzene rings is 1. The standard InChI is InChI=1S/C23H29N3O5/c1-16(20(28)24-14-13-17-9-5-3-6-10-17)31-19(27)15-26-21(29)23(2,25-22(26)30)18-11-7-4-8-12-18/h4,7-9,11-12,16H,3,5-6,10,13-15H2,1-2H3,(H,24,28)(H,25,30)/t16-,23+/m0/s1. The number of urea groups is 1. The topological polar surface area (TPSA) is 105 Å². The number of hydrogen-bond acceptors (Lipinski definition) is 5. The largest absolute Gasteiger partial charge is 0.451 e. The molecule has 0 saturated carbocycles. The number of carbonyl (C=O) groups excluding carboxylic acids is 4. The van der Waals surface area contributed by atoms with Crippen LogP contribution in [0.4, 0.5) is 4.79 Å². The third kappa shape index (κ3) is 5.31. The van der Waals surface area contributed by atoms with Crippen LogP contribution in [0.5, 0.6) is 0 Å². The number of nitrogens with one attached hydrogen (secondary N) is 2. The fourth-order valence-electron chi connectivity index (χ4n) is 3.85. The van der Waals surface area contributed by atoms with Gasteiger partial charge in [0.25, 0.3) is 11.8 Å². The molecule has 2 atom stereocenters. The number of rotatable bonds is 8. The fraction of sp³-hybridized carbons (Fsp3) is 0.478. The zero-order valence-corrected chi connectivity index (χ0v) is 18.0. The Morgan fingerprint density at radius 1 is 1.23 bits per heavy atom. The molecule has 1 aliphatic carbocycles. The minimum atomic E-state index is -1.25. The Morgan fingerprint density at radius 3 is 2.65 bits per heavy atom. The average molecular weight is 428 g/mol. The summed E-state index contributed by atoms with van der Waals surface area (Å²) in [5.41, 5.74) is 0.705. The van der Waals surface area contributed by atoms with Crippen LogP contribution >= 0.6 is 0 Å². The van der Waals surface area contributed by atoms with Crippen molar-refractivity contribution in [3.63, 3.8) is 0 Å². The Morgan fingerprint density at radius 2 is 1.97 bits per heavy atom. The van der Waals surface area contributed by atoms with E-state index in [-0.39, 0.29) is 0 Å². The maximum absolute atomic E-state index is 12.8. The second-order valence-corrected chi connectivity index (χ2v) is 8.09. The maximum atomic E-state index is 12.8. The van der Waals surface area contributed by atoms with Gasteiger partial charge in [0.05, 0.1) is 0 Å². The lowest BCUT2D eigenvalue weighted by Gasteiger charge is -2.22. The van der Waals surface area contributed by atoms with Crippen molar-refractivity contribution in [1.29, 1.82) is 0 Å². The van der Waals surface area contributed by atoms with E-state index in [0.717, 1.165) is 24.2 Å². The van der Waals surface area contributed by atoms with Gasteiger partial charge in [-0.3, -0.25) is 19.3 Å². The highest BCUT2D eigenvalue weighted by molar-refractivity contribution is 6.08. The highest BCUT2D eigenvalue weighted by atomic mass is 16.5. The lowest BCUT2D eigenvalue weighted by molar-refractivity contribution is -0.156. The van der Waals surface area contributed by atoms with Gasteiger partial charge < -0.3 is 15.4 Å². The number of esters is 1. The summed E-state index contributed by atoms with van der Waals surface area (Å²) in [5.74, 6) is -1.77. The van der Waals surface area contributed by atoms with Gasteiger partial charge in [0.1, 0.15) is 12.1 Å². The number of hydrogen-bond donors (Lipinski definition) is 2. The molecule has 1 aliphatic heterocycles. The highest BCUT2D eigenvalue weighted by Gasteiger charge is 2.49. The summed E-state index contributed by atoms with van der Waals surface area (Å²) in [5, 5.41) is 5.40. The van der Waals surface area contributed by atoms with Crippen LogP contribution in [0.3, 0.4) is 0 Å². The summed E-state index contributed by atoms with van der Waals surface area (Å²) in [6.07, 6.45) is 6.53.